The minimum Gasteiger partial charge on any atom is -0.375 e. The van der Waals surface area contributed by atoms with Gasteiger partial charge < -0.3 is 19.5 Å². The van der Waals surface area contributed by atoms with Gasteiger partial charge in [0, 0.05) is 20.1 Å². The predicted octanol–water partition coefficient (Wildman–Crippen LogP) is 1.24. The van der Waals surface area contributed by atoms with E-state index in [0.29, 0.717) is 31.1 Å². The summed E-state index contributed by atoms with van der Waals surface area (Å²) in [6.07, 6.45) is 1.91. The molecule has 8 heteroatoms. The highest BCUT2D eigenvalue weighted by Crippen LogP contribution is 2.31. The van der Waals surface area contributed by atoms with Crippen molar-refractivity contribution in [2.75, 3.05) is 20.3 Å². The van der Waals surface area contributed by atoms with E-state index in [1.54, 1.807) is 4.90 Å². The molecule has 0 aliphatic carbocycles. The van der Waals surface area contributed by atoms with Crippen LogP contribution in [0.1, 0.15) is 36.2 Å². The number of hydrogen-bond acceptors (Lipinski definition) is 6. The van der Waals surface area contributed by atoms with E-state index in [1.165, 1.54) is 12.7 Å². The van der Waals surface area contributed by atoms with Crippen molar-refractivity contribution >= 4 is 11.8 Å². The minimum absolute atomic E-state index is 0.0188. The Morgan fingerprint density at radius 3 is 2.96 bits per heavy atom. The molecule has 1 aromatic heterocycles. The molecule has 1 aliphatic rings. The Kier molecular flexibility index (Phi) is 5.96. The number of nitrogens with zero attached hydrogens (tertiary/aromatic N) is 3. The van der Waals surface area contributed by atoms with Crippen LogP contribution >= 0.6 is 0 Å². The molecule has 0 bridgehead atoms. The second-order valence-corrected chi connectivity index (χ2v) is 6.14. The van der Waals surface area contributed by atoms with Crippen LogP contribution in [0.5, 0.6) is 0 Å². The first-order chi connectivity index (χ1) is 12.7. The van der Waals surface area contributed by atoms with Crippen LogP contribution < -0.4 is 5.32 Å². The van der Waals surface area contributed by atoms with Gasteiger partial charge in [0.25, 0.3) is 0 Å². The molecule has 1 aliphatic heterocycles. The zero-order valence-electron chi connectivity index (χ0n) is 14.7. The highest BCUT2D eigenvalue weighted by Gasteiger charge is 2.35. The number of carbonyl (C=O) groups is 2. The standard InChI is InChI=1S/C18H22N4O4/c1-25-12-16(23)19-11-15-20-18(26-21-15)14-7-8-17(24)22(14)10-9-13-5-3-2-4-6-13/h2-6,14H,7-12H2,1H3,(H,19,23)/t14-/m0/s1. The predicted molar refractivity (Wildman–Crippen MR) is 91.9 cm³/mol. The number of nitrogens with one attached hydrogen (secondary N) is 1. The van der Waals surface area contributed by atoms with Gasteiger partial charge >= 0.3 is 0 Å². The SMILES string of the molecule is COCC(=O)NCc1noc([C@@H]2CCC(=O)N2CCc2ccccc2)n1. The first-order valence-corrected chi connectivity index (χ1v) is 8.59. The molecule has 1 atom stereocenters. The lowest BCUT2D eigenvalue weighted by Crippen LogP contribution is -2.30. The number of amides is 2. The summed E-state index contributed by atoms with van der Waals surface area (Å²) in [7, 11) is 1.45. The fraction of sp³-hybridized carbons (Fsp3) is 0.444. The van der Waals surface area contributed by atoms with Crippen molar-refractivity contribution in [1.29, 1.82) is 0 Å². The molecule has 0 radical (unpaired) electrons. The fourth-order valence-electron chi connectivity index (χ4n) is 3.00. The van der Waals surface area contributed by atoms with Gasteiger partial charge in [0.1, 0.15) is 12.6 Å². The van der Waals surface area contributed by atoms with Gasteiger partial charge in [-0.3, -0.25) is 9.59 Å². The second kappa shape index (κ2) is 8.57. The maximum absolute atomic E-state index is 12.2. The van der Waals surface area contributed by atoms with Crippen LogP contribution in [-0.4, -0.2) is 47.1 Å². The number of rotatable bonds is 8. The Hall–Kier alpha value is -2.74. The third-order valence-electron chi connectivity index (χ3n) is 4.30. The molecule has 0 spiro atoms. The van der Waals surface area contributed by atoms with Gasteiger partial charge in [-0.05, 0) is 18.4 Å². The van der Waals surface area contributed by atoms with Gasteiger partial charge in [-0.15, -0.1) is 0 Å². The average Bonchev–Trinajstić information content (AvgIpc) is 3.26. The lowest BCUT2D eigenvalue weighted by molar-refractivity contribution is -0.129. The molecule has 1 saturated heterocycles. The maximum Gasteiger partial charge on any atom is 0.249 e. The smallest absolute Gasteiger partial charge is 0.249 e. The third-order valence-corrected chi connectivity index (χ3v) is 4.30. The molecule has 0 unspecified atom stereocenters. The highest BCUT2D eigenvalue weighted by atomic mass is 16.5. The Morgan fingerprint density at radius 2 is 2.19 bits per heavy atom. The topological polar surface area (TPSA) is 97.6 Å². The molecule has 1 fully saturated rings. The van der Waals surface area contributed by atoms with E-state index in [2.05, 4.69) is 15.5 Å². The van der Waals surface area contributed by atoms with Crippen LogP contribution in [-0.2, 0) is 27.3 Å². The van der Waals surface area contributed by atoms with E-state index < -0.39 is 0 Å². The van der Waals surface area contributed by atoms with Crippen molar-refractivity contribution in [3.05, 3.63) is 47.6 Å². The van der Waals surface area contributed by atoms with Crippen molar-refractivity contribution in [2.24, 2.45) is 0 Å². The molecule has 1 N–H and O–H groups in total. The Bertz CT molecular complexity index is 747. The number of aromatic nitrogens is 2. The summed E-state index contributed by atoms with van der Waals surface area (Å²) in [6.45, 7) is 0.751. The third kappa shape index (κ3) is 4.45. The number of benzene rings is 1. The van der Waals surface area contributed by atoms with Crippen LogP contribution in [0.25, 0.3) is 0 Å². The van der Waals surface area contributed by atoms with Gasteiger partial charge in [0.05, 0.1) is 6.54 Å². The van der Waals surface area contributed by atoms with Gasteiger partial charge in [-0.1, -0.05) is 35.5 Å². The van der Waals surface area contributed by atoms with E-state index in [0.717, 1.165) is 6.42 Å². The largest absolute Gasteiger partial charge is 0.375 e. The number of ether oxygens (including phenoxy) is 1. The Morgan fingerprint density at radius 1 is 1.38 bits per heavy atom. The van der Waals surface area contributed by atoms with Crippen molar-refractivity contribution in [2.45, 2.75) is 31.8 Å². The van der Waals surface area contributed by atoms with E-state index in [-0.39, 0.29) is 31.0 Å². The first kappa shape index (κ1) is 18.1. The van der Waals surface area contributed by atoms with Crippen LogP contribution in [0.15, 0.2) is 34.9 Å². The normalized spacial score (nSPS) is 16.9. The second-order valence-electron chi connectivity index (χ2n) is 6.14. The van der Waals surface area contributed by atoms with E-state index in [9.17, 15) is 9.59 Å². The van der Waals surface area contributed by atoms with Crippen LogP contribution in [0.3, 0.4) is 0 Å². The first-order valence-electron chi connectivity index (χ1n) is 8.59. The fourth-order valence-corrected chi connectivity index (χ4v) is 3.00. The quantitative estimate of drug-likeness (QED) is 0.762. The lowest BCUT2D eigenvalue weighted by atomic mass is 10.1. The maximum atomic E-state index is 12.2. The highest BCUT2D eigenvalue weighted by molar-refractivity contribution is 5.79. The molecular weight excluding hydrogens is 336 g/mol. The van der Waals surface area contributed by atoms with Crippen LogP contribution in [0.4, 0.5) is 0 Å². The van der Waals surface area contributed by atoms with Gasteiger partial charge in [-0.2, -0.15) is 4.98 Å². The van der Waals surface area contributed by atoms with E-state index in [4.69, 9.17) is 9.26 Å². The summed E-state index contributed by atoms with van der Waals surface area (Å²) in [5.41, 5.74) is 1.18. The molecule has 2 aromatic rings. The van der Waals surface area contributed by atoms with Crippen molar-refractivity contribution in [3.63, 3.8) is 0 Å². The van der Waals surface area contributed by atoms with Crippen molar-refractivity contribution < 1.29 is 18.8 Å². The van der Waals surface area contributed by atoms with E-state index in [1.807, 2.05) is 30.3 Å². The molecule has 2 amide bonds. The van der Waals surface area contributed by atoms with E-state index >= 15 is 0 Å². The van der Waals surface area contributed by atoms with Gasteiger partial charge in [-0.25, -0.2) is 0 Å². The summed E-state index contributed by atoms with van der Waals surface area (Å²) >= 11 is 0. The summed E-state index contributed by atoms with van der Waals surface area (Å²) in [4.78, 5) is 29.8. The van der Waals surface area contributed by atoms with Gasteiger partial charge in [0.15, 0.2) is 5.82 Å². The van der Waals surface area contributed by atoms with Crippen molar-refractivity contribution in [1.82, 2.24) is 20.4 Å². The molecule has 8 nitrogen and oxygen atoms in total. The monoisotopic (exact) mass is 358 g/mol. The Balaban J connectivity index is 1.60. The zero-order valence-corrected chi connectivity index (χ0v) is 14.7. The van der Waals surface area contributed by atoms with Crippen LogP contribution in [0.2, 0.25) is 0 Å². The average molecular weight is 358 g/mol. The minimum atomic E-state index is -0.251. The Labute approximate surface area is 151 Å². The summed E-state index contributed by atoms with van der Waals surface area (Å²) in [5, 5.41) is 6.53. The van der Waals surface area contributed by atoms with Gasteiger partial charge in [0.2, 0.25) is 17.7 Å². The number of hydrogen-bond donors (Lipinski definition) is 1. The van der Waals surface area contributed by atoms with Crippen molar-refractivity contribution in [3.8, 4) is 0 Å². The molecular formula is C18H22N4O4. The number of methoxy groups -OCH3 is 1. The van der Waals surface area contributed by atoms with Crippen LogP contribution in [0, 0.1) is 0 Å². The molecule has 2 heterocycles. The molecule has 3 rings (SSSR count). The molecule has 0 saturated carbocycles. The number of carbonyl (C=O) groups excluding carboxylic acids is 2. The molecule has 138 valence electrons. The lowest BCUT2D eigenvalue weighted by Gasteiger charge is -2.21. The number of likely N-dealkylation sites (tertiary alicyclic amines) is 1. The molecule has 26 heavy (non-hydrogen) atoms. The summed E-state index contributed by atoms with van der Waals surface area (Å²) in [6, 6.07) is 9.83. The molecule has 1 aromatic carbocycles. The summed E-state index contributed by atoms with van der Waals surface area (Å²) < 4.78 is 10.1. The zero-order chi connectivity index (χ0) is 18.4. The summed E-state index contributed by atoms with van der Waals surface area (Å²) in [5.74, 6) is 0.644.